The molecule has 0 amide bonds. The molecule has 1 aromatic heterocycles. The number of fused-ring (bicyclic) bond motifs is 3. The standard InChI is InChI=1S/C16H13N3O2S/c1-19-16-14(11-7-3-2-4-8-11)17-18-15(16)12-9-5-6-10-13(12)22(19,20)21/h2-10H,1H3,(H,17,18). The molecular weight excluding hydrogens is 298 g/mol. The van der Waals surface area contributed by atoms with Gasteiger partial charge < -0.3 is 0 Å². The zero-order chi connectivity index (χ0) is 15.3. The molecule has 0 radical (unpaired) electrons. The topological polar surface area (TPSA) is 66.1 Å². The molecule has 0 unspecified atom stereocenters. The number of benzene rings is 2. The van der Waals surface area contributed by atoms with Gasteiger partial charge in [0.1, 0.15) is 11.4 Å². The van der Waals surface area contributed by atoms with E-state index in [1.54, 1.807) is 25.2 Å². The Bertz CT molecular complexity index is 949. The minimum atomic E-state index is -3.56. The molecule has 6 heteroatoms. The predicted molar refractivity (Wildman–Crippen MR) is 85.0 cm³/mol. The number of aromatic nitrogens is 2. The molecule has 0 fully saturated rings. The first-order valence-corrected chi connectivity index (χ1v) is 8.27. The van der Waals surface area contributed by atoms with Crippen LogP contribution in [-0.2, 0) is 10.0 Å². The first-order chi connectivity index (χ1) is 10.6. The number of rotatable bonds is 1. The normalized spacial score (nSPS) is 15.2. The van der Waals surface area contributed by atoms with Gasteiger partial charge in [0.05, 0.1) is 10.6 Å². The summed E-state index contributed by atoms with van der Waals surface area (Å²) >= 11 is 0. The largest absolute Gasteiger partial charge is 0.275 e. The zero-order valence-electron chi connectivity index (χ0n) is 11.8. The second-order valence-electron chi connectivity index (χ2n) is 5.13. The lowest BCUT2D eigenvalue weighted by Gasteiger charge is -2.26. The molecule has 1 aliphatic heterocycles. The van der Waals surface area contributed by atoms with Crippen molar-refractivity contribution in [1.82, 2.24) is 10.2 Å². The molecule has 0 bridgehead atoms. The minimum absolute atomic E-state index is 0.299. The summed E-state index contributed by atoms with van der Waals surface area (Å²) in [7, 11) is -2.00. The molecule has 22 heavy (non-hydrogen) atoms. The minimum Gasteiger partial charge on any atom is -0.275 e. The van der Waals surface area contributed by atoms with Crippen LogP contribution in [0.5, 0.6) is 0 Å². The monoisotopic (exact) mass is 311 g/mol. The van der Waals surface area contributed by atoms with Gasteiger partial charge in [-0.15, -0.1) is 0 Å². The van der Waals surface area contributed by atoms with Crippen molar-refractivity contribution < 1.29 is 8.42 Å². The molecule has 2 heterocycles. The Morgan fingerprint density at radius 1 is 1.00 bits per heavy atom. The average molecular weight is 311 g/mol. The molecule has 2 aromatic carbocycles. The SMILES string of the molecule is CN1c2c(-c3ccccc3)n[nH]c2-c2ccccc2S1(=O)=O. The zero-order valence-corrected chi connectivity index (χ0v) is 12.6. The summed E-state index contributed by atoms with van der Waals surface area (Å²) in [5.74, 6) is 0. The van der Waals surface area contributed by atoms with E-state index in [-0.39, 0.29) is 0 Å². The molecule has 110 valence electrons. The lowest BCUT2D eigenvalue weighted by Crippen LogP contribution is -2.30. The Balaban J connectivity index is 2.06. The van der Waals surface area contributed by atoms with Crippen LogP contribution in [0.15, 0.2) is 59.5 Å². The van der Waals surface area contributed by atoms with Crippen LogP contribution in [0.2, 0.25) is 0 Å². The number of sulfonamides is 1. The third-order valence-corrected chi connectivity index (χ3v) is 5.71. The molecule has 0 aliphatic carbocycles. The summed E-state index contributed by atoms with van der Waals surface area (Å²) in [5.41, 5.74) is 3.49. The molecular formula is C16H13N3O2S. The number of aromatic amines is 1. The molecule has 1 aliphatic rings. The van der Waals surface area contributed by atoms with Gasteiger partial charge in [0.2, 0.25) is 0 Å². The van der Waals surface area contributed by atoms with Crippen molar-refractivity contribution in [1.29, 1.82) is 0 Å². The fourth-order valence-electron chi connectivity index (χ4n) is 2.79. The third kappa shape index (κ3) is 1.64. The van der Waals surface area contributed by atoms with Gasteiger partial charge in [-0.1, -0.05) is 48.5 Å². The van der Waals surface area contributed by atoms with E-state index in [0.717, 1.165) is 11.3 Å². The smallest absolute Gasteiger partial charge is 0.264 e. The van der Waals surface area contributed by atoms with Crippen molar-refractivity contribution in [2.24, 2.45) is 0 Å². The van der Waals surface area contributed by atoms with Gasteiger partial charge >= 0.3 is 0 Å². The van der Waals surface area contributed by atoms with Crippen LogP contribution in [0, 0.1) is 0 Å². The van der Waals surface area contributed by atoms with Gasteiger partial charge in [-0.25, -0.2) is 8.42 Å². The second-order valence-corrected chi connectivity index (χ2v) is 7.07. The van der Waals surface area contributed by atoms with Gasteiger partial charge in [-0.2, -0.15) is 5.10 Å². The summed E-state index contributed by atoms with van der Waals surface area (Å²) < 4.78 is 26.8. The van der Waals surface area contributed by atoms with Crippen LogP contribution in [-0.4, -0.2) is 25.7 Å². The van der Waals surface area contributed by atoms with Crippen molar-refractivity contribution in [2.75, 3.05) is 11.4 Å². The summed E-state index contributed by atoms with van der Waals surface area (Å²) in [5, 5.41) is 7.34. The Labute approximate surface area is 128 Å². The maximum Gasteiger partial charge on any atom is 0.264 e. The number of nitrogens with zero attached hydrogens (tertiary/aromatic N) is 2. The summed E-state index contributed by atoms with van der Waals surface area (Å²) in [4.78, 5) is 0.299. The summed E-state index contributed by atoms with van der Waals surface area (Å²) in [6.07, 6.45) is 0. The van der Waals surface area contributed by atoms with E-state index in [2.05, 4.69) is 10.2 Å². The highest BCUT2D eigenvalue weighted by molar-refractivity contribution is 7.93. The quantitative estimate of drug-likeness (QED) is 0.751. The highest BCUT2D eigenvalue weighted by Gasteiger charge is 2.36. The number of hydrogen-bond donors (Lipinski definition) is 1. The van der Waals surface area contributed by atoms with E-state index in [0.29, 0.717) is 21.8 Å². The molecule has 4 rings (SSSR count). The van der Waals surface area contributed by atoms with Crippen LogP contribution >= 0.6 is 0 Å². The van der Waals surface area contributed by atoms with Crippen molar-refractivity contribution in [3.63, 3.8) is 0 Å². The Morgan fingerprint density at radius 2 is 1.68 bits per heavy atom. The maximum atomic E-state index is 12.7. The first-order valence-electron chi connectivity index (χ1n) is 6.83. The van der Waals surface area contributed by atoms with Crippen LogP contribution < -0.4 is 4.31 Å². The average Bonchev–Trinajstić information content (AvgIpc) is 2.99. The predicted octanol–water partition coefficient (Wildman–Crippen LogP) is 2.88. The molecule has 0 spiro atoms. The molecule has 1 N–H and O–H groups in total. The van der Waals surface area contributed by atoms with E-state index in [4.69, 9.17) is 0 Å². The number of nitrogens with one attached hydrogen (secondary N) is 1. The van der Waals surface area contributed by atoms with Crippen LogP contribution in [0.4, 0.5) is 5.69 Å². The fourth-order valence-corrected chi connectivity index (χ4v) is 4.21. The molecule has 0 saturated heterocycles. The summed E-state index contributed by atoms with van der Waals surface area (Å²) in [6, 6.07) is 16.5. The van der Waals surface area contributed by atoms with Crippen molar-refractivity contribution in [3.05, 3.63) is 54.6 Å². The number of hydrogen-bond acceptors (Lipinski definition) is 3. The Morgan fingerprint density at radius 3 is 2.45 bits per heavy atom. The van der Waals surface area contributed by atoms with Gasteiger partial charge in [-0.3, -0.25) is 9.40 Å². The van der Waals surface area contributed by atoms with Gasteiger partial charge in [0.15, 0.2) is 0 Å². The Kier molecular flexibility index (Phi) is 2.65. The maximum absolute atomic E-state index is 12.7. The lowest BCUT2D eigenvalue weighted by atomic mass is 10.1. The van der Waals surface area contributed by atoms with Crippen molar-refractivity contribution >= 4 is 15.7 Å². The van der Waals surface area contributed by atoms with Crippen LogP contribution in [0.25, 0.3) is 22.5 Å². The number of H-pyrrole nitrogens is 1. The Hall–Kier alpha value is -2.60. The van der Waals surface area contributed by atoms with Gasteiger partial charge in [0, 0.05) is 18.2 Å². The van der Waals surface area contributed by atoms with Crippen LogP contribution in [0.3, 0.4) is 0 Å². The van der Waals surface area contributed by atoms with Gasteiger partial charge in [-0.05, 0) is 6.07 Å². The van der Waals surface area contributed by atoms with E-state index < -0.39 is 10.0 Å². The van der Waals surface area contributed by atoms with E-state index in [9.17, 15) is 8.42 Å². The van der Waals surface area contributed by atoms with E-state index in [1.807, 2.05) is 36.4 Å². The lowest BCUT2D eigenvalue weighted by molar-refractivity contribution is 0.594. The summed E-state index contributed by atoms with van der Waals surface area (Å²) in [6.45, 7) is 0. The molecule has 0 atom stereocenters. The third-order valence-electron chi connectivity index (χ3n) is 3.90. The van der Waals surface area contributed by atoms with Crippen molar-refractivity contribution in [3.8, 4) is 22.5 Å². The molecule has 3 aromatic rings. The van der Waals surface area contributed by atoms with Gasteiger partial charge in [0.25, 0.3) is 10.0 Å². The second kappa shape index (κ2) is 4.45. The highest BCUT2D eigenvalue weighted by Crippen LogP contribution is 2.45. The highest BCUT2D eigenvalue weighted by atomic mass is 32.2. The molecule has 0 saturated carbocycles. The fraction of sp³-hybridized carbons (Fsp3) is 0.0625. The number of anilines is 1. The van der Waals surface area contributed by atoms with Crippen LogP contribution in [0.1, 0.15) is 0 Å². The van der Waals surface area contributed by atoms with E-state index in [1.165, 1.54) is 4.31 Å². The first kappa shape index (κ1) is 13.1. The van der Waals surface area contributed by atoms with Crippen molar-refractivity contribution in [2.45, 2.75) is 4.90 Å². The van der Waals surface area contributed by atoms with E-state index >= 15 is 0 Å². The molecule has 5 nitrogen and oxygen atoms in total.